The predicted molar refractivity (Wildman–Crippen MR) is 50.2 cm³/mol. The summed E-state index contributed by atoms with van der Waals surface area (Å²) in [6.07, 6.45) is 3.44. The van der Waals surface area contributed by atoms with Crippen LogP contribution in [0, 0.1) is 5.92 Å². The van der Waals surface area contributed by atoms with E-state index in [2.05, 4.69) is 10.6 Å². The molecule has 0 heterocycles. The molecule has 0 radical (unpaired) electrons. The van der Waals surface area contributed by atoms with Gasteiger partial charge in [0.15, 0.2) is 0 Å². The van der Waals surface area contributed by atoms with E-state index < -0.39 is 0 Å². The van der Waals surface area contributed by atoms with Crippen molar-refractivity contribution < 1.29 is 9.53 Å². The average Bonchev–Trinajstić information content (AvgIpc) is 2.93. The van der Waals surface area contributed by atoms with Gasteiger partial charge in [0, 0.05) is 0 Å². The molecule has 0 aliphatic heterocycles. The van der Waals surface area contributed by atoms with Crippen molar-refractivity contribution in [1.29, 1.82) is 0 Å². The molecular formula is C9H18N2O2. The average molecular weight is 186 g/mol. The molecule has 4 nitrogen and oxygen atoms in total. The molecule has 0 saturated heterocycles. The summed E-state index contributed by atoms with van der Waals surface area (Å²) in [5, 5.41) is 5.76. The molecule has 1 aliphatic rings. The third-order valence-corrected chi connectivity index (χ3v) is 2.26. The maximum Gasteiger partial charge on any atom is 0.324 e. The van der Waals surface area contributed by atoms with Crippen molar-refractivity contribution in [3.8, 4) is 0 Å². The second-order valence-corrected chi connectivity index (χ2v) is 3.48. The number of carbonyl (C=O) groups excluding carboxylic acids is 1. The summed E-state index contributed by atoms with van der Waals surface area (Å²) in [7, 11) is 3.55. The minimum Gasteiger partial charge on any atom is -0.449 e. The smallest absolute Gasteiger partial charge is 0.324 e. The van der Waals surface area contributed by atoms with Gasteiger partial charge in [0.25, 0.3) is 0 Å². The fourth-order valence-corrected chi connectivity index (χ4v) is 1.26. The summed E-state index contributed by atoms with van der Waals surface area (Å²) in [5.41, 5.74) is 0. The Morgan fingerprint density at radius 1 is 1.54 bits per heavy atom. The fraction of sp³-hybridized carbons (Fsp3) is 0.889. The highest BCUT2D eigenvalue weighted by Gasteiger charge is 2.28. The Bertz CT molecular complexity index is 169. The Labute approximate surface area is 79.0 Å². The van der Waals surface area contributed by atoms with Crippen LogP contribution < -0.4 is 10.6 Å². The highest BCUT2D eigenvalue weighted by Crippen LogP contribution is 2.33. The molecule has 2 N–H and O–H groups in total. The van der Waals surface area contributed by atoms with Gasteiger partial charge in [-0.05, 0) is 26.4 Å². The Morgan fingerprint density at radius 3 is 2.69 bits per heavy atom. The number of carbonyl (C=O) groups is 1. The van der Waals surface area contributed by atoms with E-state index >= 15 is 0 Å². The molecule has 0 unspecified atom stereocenters. The summed E-state index contributed by atoms with van der Waals surface area (Å²) in [6, 6.07) is -0.124. The van der Waals surface area contributed by atoms with Gasteiger partial charge in [0.05, 0.1) is 0 Å². The molecule has 1 fully saturated rings. The van der Waals surface area contributed by atoms with Gasteiger partial charge in [-0.1, -0.05) is 12.8 Å². The van der Waals surface area contributed by atoms with Crippen LogP contribution in [0.25, 0.3) is 0 Å². The number of hydrogen-bond acceptors (Lipinski definition) is 4. The van der Waals surface area contributed by atoms with Crippen LogP contribution in [0.4, 0.5) is 0 Å². The highest BCUT2D eigenvalue weighted by atomic mass is 16.5. The first-order chi connectivity index (χ1) is 6.27. The highest BCUT2D eigenvalue weighted by molar-refractivity contribution is 5.75. The zero-order chi connectivity index (χ0) is 9.68. The summed E-state index contributed by atoms with van der Waals surface area (Å²) in [6.45, 7) is 0.293. The third kappa shape index (κ3) is 3.74. The van der Waals surface area contributed by atoms with Gasteiger partial charge in [-0.2, -0.15) is 0 Å². The normalized spacial score (nSPS) is 18.3. The van der Waals surface area contributed by atoms with Crippen LogP contribution in [-0.2, 0) is 9.53 Å². The molecule has 0 amide bonds. The van der Waals surface area contributed by atoms with Gasteiger partial charge in [-0.15, -0.1) is 0 Å². The summed E-state index contributed by atoms with van der Waals surface area (Å²) >= 11 is 0. The van der Waals surface area contributed by atoms with Gasteiger partial charge < -0.3 is 10.1 Å². The van der Waals surface area contributed by atoms with Gasteiger partial charge in [0.1, 0.15) is 12.8 Å². The summed E-state index contributed by atoms with van der Waals surface area (Å²) in [4.78, 5) is 11.4. The maximum absolute atomic E-state index is 11.4. The van der Waals surface area contributed by atoms with E-state index in [1.54, 1.807) is 14.1 Å². The molecule has 13 heavy (non-hydrogen) atoms. The fourth-order valence-electron chi connectivity index (χ4n) is 1.26. The second kappa shape index (κ2) is 5.19. The van der Waals surface area contributed by atoms with E-state index in [1.165, 1.54) is 12.8 Å². The van der Waals surface area contributed by atoms with Gasteiger partial charge in [-0.25, -0.2) is 0 Å². The molecule has 1 rings (SSSR count). The van der Waals surface area contributed by atoms with Crippen molar-refractivity contribution in [2.75, 3.05) is 20.8 Å². The number of ether oxygens (including phenoxy) is 1. The van der Waals surface area contributed by atoms with Crippen molar-refractivity contribution in [2.45, 2.75) is 25.3 Å². The molecule has 1 atom stereocenters. The van der Waals surface area contributed by atoms with E-state index in [9.17, 15) is 4.79 Å². The largest absolute Gasteiger partial charge is 0.449 e. The van der Waals surface area contributed by atoms with Crippen LogP contribution in [0.5, 0.6) is 0 Å². The predicted octanol–water partition coefficient (Wildman–Crippen LogP) is 0.0946. The molecule has 4 heteroatoms. The number of rotatable bonds is 6. The molecule has 0 spiro atoms. The van der Waals surface area contributed by atoms with E-state index in [1.807, 2.05) is 0 Å². The van der Waals surface area contributed by atoms with Gasteiger partial charge in [0.2, 0.25) is 0 Å². The lowest BCUT2D eigenvalue weighted by molar-refractivity contribution is -0.147. The Hall–Kier alpha value is -0.610. The molecule has 76 valence electrons. The monoisotopic (exact) mass is 186 g/mol. The maximum atomic E-state index is 11.4. The zero-order valence-electron chi connectivity index (χ0n) is 8.30. The quantitative estimate of drug-likeness (QED) is 0.456. The first-order valence-electron chi connectivity index (χ1n) is 4.76. The molecule has 1 saturated carbocycles. The first kappa shape index (κ1) is 10.5. The standard InChI is InChI=1S/C9H18N2O2/c1-10-6-13-9(12)8(11-2)5-7-3-4-7/h7-8,10-11H,3-6H2,1-2H3/t8-/m0/s1. The number of esters is 1. The molecule has 0 aromatic carbocycles. The number of nitrogens with one attached hydrogen (secondary N) is 2. The van der Waals surface area contributed by atoms with Crippen LogP contribution in [0.2, 0.25) is 0 Å². The zero-order valence-corrected chi connectivity index (χ0v) is 8.30. The molecule has 0 aromatic heterocycles. The van der Waals surface area contributed by atoms with E-state index in [-0.39, 0.29) is 12.0 Å². The Balaban J connectivity index is 2.21. The Kier molecular flexibility index (Phi) is 4.18. The molecule has 0 aromatic rings. The third-order valence-electron chi connectivity index (χ3n) is 2.26. The summed E-state index contributed by atoms with van der Waals surface area (Å²) < 4.78 is 4.96. The second-order valence-electron chi connectivity index (χ2n) is 3.48. The van der Waals surface area contributed by atoms with Crippen molar-refractivity contribution in [3.63, 3.8) is 0 Å². The van der Waals surface area contributed by atoms with Crippen molar-refractivity contribution >= 4 is 5.97 Å². The van der Waals surface area contributed by atoms with Crippen molar-refractivity contribution in [3.05, 3.63) is 0 Å². The van der Waals surface area contributed by atoms with Crippen LogP contribution in [-0.4, -0.2) is 32.8 Å². The van der Waals surface area contributed by atoms with E-state index in [0.29, 0.717) is 6.73 Å². The van der Waals surface area contributed by atoms with Gasteiger partial charge in [-0.3, -0.25) is 10.1 Å². The summed E-state index contributed by atoms with van der Waals surface area (Å²) in [5.74, 6) is 0.586. The molecule has 0 bridgehead atoms. The van der Waals surface area contributed by atoms with Gasteiger partial charge >= 0.3 is 5.97 Å². The van der Waals surface area contributed by atoms with E-state index in [4.69, 9.17) is 4.74 Å². The number of hydrogen-bond donors (Lipinski definition) is 2. The van der Waals surface area contributed by atoms with Crippen LogP contribution in [0.3, 0.4) is 0 Å². The lowest BCUT2D eigenvalue weighted by atomic mass is 10.1. The first-order valence-corrected chi connectivity index (χ1v) is 4.76. The number of likely N-dealkylation sites (N-methyl/N-ethyl adjacent to an activating group) is 1. The van der Waals surface area contributed by atoms with Crippen LogP contribution in [0.15, 0.2) is 0 Å². The van der Waals surface area contributed by atoms with Crippen LogP contribution in [0.1, 0.15) is 19.3 Å². The lowest BCUT2D eigenvalue weighted by Crippen LogP contribution is -2.37. The molecule has 1 aliphatic carbocycles. The van der Waals surface area contributed by atoms with Crippen LogP contribution >= 0.6 is 0 Å². The lowest BCUT2D eigenvalue weighted by Gasteiger charge is -2.14. The molecular weight excluding hydrogens is 168 g/mol. The topological polar surface area (TPSA) is 50.4 Å². The van der Waals surface area contributed by atoms with Crippen molar-refractivity contribution in [2.24, 2.45) is 5.92 Å². The minimum absolute atomic E-state index is 0.124. The van der Waals surface area contributed by atoms with E-state index in [0.717, 1.165) is 12.3 Å². The SMILES string of the molecule is CNCOC(=O)[C@H](CC1CC1)NC. The Morgan fingerprint density at radius 2 is 2.23 bits per heavy atom. The minimum atomic E-state index is -0.149. The van der Waals surface area contributed by atoms with Crippen molar-refractivity contribution in [1.82, 2.24) is 10.6 Å².